The average molecular weight is 367 g/mol. The van der Waals surface area contributed by atoms with Crippen molar-refractivity contribution in [2.75, 3.05) is 6.61 Å². The Morgan fingerprint density at radius 1 is 1.15 bits per heavy atom. The Balaban J connectivity index is 1.43. The van der Waals surface area contributed by atoms with Crippen LogP contribution in [0.15, 0.2) is 48.7 Å². The van der Waals surface area contributed by atoms with Crippen molar-refractivity contribution >= 4 is 5.97 Å². The Hall–Kier alpha value is -3.29. The van der Waals surface area contributed by atoms with Crippen molar-refractivity contribution in [2.45, 2.75) is 32.9 Å². The van der Waals surface area contributed by atoms with Crippen LogP contribution in [-0.2, 0) is 11.3 Å². The van der Waals surface area contributed by atoms with Gasteiger partial charge in [-0.3, -0.25) is 0 Å². The molecule has 0 radical (unpaired) electrons. The molecule has 0 fully saturated rings. The molecule has 1 aromatic carbocycles. The highest BCUT2D eigenvalue weighted by Gasteiger charge is 2.09. The smallest absolute Gasteiger partial charge is 0.339 e. The minimum absolute atomic E-state index is 0.0307. The van der Waals surface area contributed by atoms with Gasteiger partial charge in [0, 0.05) is 24.2 Å². The number of ether oxygens (including phenoxy) is 2. The second kappa shape index (κ2) is 8.88. The van der Waals surface area contributed by atoms with Gasteiger partial charge in [-0.15, -0.1) is 10.2 Å². The normalized spacial score (nSPS) is 10.8. The number of rotatable bonds is 8. The molecule has 0 saturated heterocycles. The first-order valence-electron chi connectivity index (χ1n) is 8.75. The Kier molecular flexibility index (Phi) is 6.09. The largest absolute Gasteiger partial charge is 0.475 e. The van der Waals surface area contributed by atoms with Gasteiger partial charge in [-0.2, -0.15) is 4.80 Å². The molecular formula is C19H21N5O3. The number of carbonyl (C=O) groups excluding carboxylic acids is 1. The van der Waals surface area contributed by atoms with Gasteiger partial charge in [0.2, 0.25) is 11.7 Å². The standard InChI is InChI=1S/C19H21N5O3/c1-14(2)27-17-10-9-16(13-20-17)19(25)26-12-6-11-24-22-18(21-23-24)15-7-4-3-5-8-15/h3-5,7-10,13-14H,6,11-12H2,1-2H3. The summed E-state index contributed by atoms with van der Waals surface area (Å²) in [7, 11) is 0. The summed E-state index contributed by atoms with van der Waals surface area (Å²) in [5.74, 6) is 0.630. The number of nitrogens with zero attached hydrogens (tertiary/aromatic N) is 5. The molecule has 0 unspecified atom stereocenters. The second-order valence-corrected chi connectivity index (χ2v) is 6.12. The van der Waals surface area contributed by atoms with Gasteiger partial charge >= 0.3 is 5.97 Å². The Labute approximate surface area is 157 Å². The second-order valence-electron chi connectivity index (χ2n) is 6.12. The van der Waals surface area contributed by atoms with Crippen LogP contribution in [0, 0.1) is 0 Å². The summed E-state index contributed by atoms with van der Waals surface area (Å²) >= 11 is 0. The third-order valence-corrected chi connectivity index (χ3v) is 3.55. The van der Waals surface area contributed by atoms with Crippen LogP contribution in [-0.4, -0.2) is 43.9 Å². The molecule has 0 amide bonds. The molecule has 0 bridgehead atoms. The van der Waals surface area contributed by atoms with E-state index < -0.39 is 5.97 Å². The summed E-state index contributed by atoms with van der Waals surface area (Å²) in [5.41, 5.74) is 1.30. The molecule has 0 spiro atoms. The van der Waals surface area contributed by atoms with Gasteiger partial charge < -0.3 is 9.47 Å². The first-order valence-corrected chi connectivity index (χ1v) is 8.75. The maximum Gasteiger partial charge on any atom is 0.339 e. The van der Waals surface area contributed by atoms with Crippen LogP contribution in [0.4, 0.5) is 0 Å². The predicted molar refractivity (Wildman–Crippen MR) is 98.2 cm³/mol. The first-order chi connectivity index (χ1) is 13.1. The number of hydrogen-bond acceptors (Lipinski definition) is 7. The number of esters is 1. The molecule has 3 aromatic rings. The number of benzene rings is 1. The fourth-order valence-corrected chi connectivity index (χ4v) is 2.31. The SMILES string of the molecule is CC(C)Oc1ccc(C(=O)OCCCn2nnc(-c3ccccc3)n2)cn1. The van der Waals surface area contributed by atoms with Crippen molar-refractivity contribution in [3.63, 3.8) is 0 Å². The van der Waals surface area contributed by atoms with E-state index in [0.29, 0.717) is 30.2 Å². The molecule has 0 aliphatic rings. The summed E-state index contributed by atoms with van der Waals surface area (Å²) in [4.78, 5) is 17.6. The van der Waals surface area contributed by atoms with Gasteiger partial charge in [0.25, 0.3) is 0 Å². The van der Waals surface area contributed by atoms with Crippen LogP contribution in [0.5, 0.6) is 5.88 Å². The van der Waals surface area contributed by atoms with E-state index in [-0.39, 0.29) is 12.7 Å². The lowest BCUT2D eigenvalue weighted by atomic mass is 10.2. The zero-order valence-corrected chi connectivity index (χ0v) is 15.3. The zero-order chi connectivity index (χ0) is 19.1. The van der Waals surface area contributed by atoms with E-state index >= 15 is 0 Å². The molecule has 2 aromatic heterocycles. The van der Waals surface area contributed by atoms with E-state index in [1.807, 2.05) is 44.2 Å². The molecule has 2 heterocycles. The van der Waals surface area contributed by atoms with Crippen LogP contribution in [0.3, 0.4) is 0 Å². The van der Waals surface area contributed by atoms with E-state index in [2.05, 4.69) is 20.4 Å². The minimum Gasteiger partial charge on any atom is -0.475 e. The molecule has 0 aliphatic heterocycles. The molecular weight excluding hydrogens is 346 g/mol. The van der Waals surface area contributed by atoms with E-state index in [1.165, 1.54) is 11.0 Å². The Morgan fingerprint density at radius 3 is 2.67 bits per heavy atom. The van der Waals surface area contributed by atoms with Crippen LogP contribution < -0.4 is 4.74 Å². The molecule has 27 heavy (non-hydrogen) atoms. The molecule has 0 N–H and O–H groups in total. The topological polar surface area (TPSA) is 92.0 Å². The first kappa shape index (κ1) is 18.5. The van der Waals surface area contributed by atoms with Crippen molar-refractivity contribution < 1.29 is 14.3 Å². The minimum atomic E-state index is -0.421. The highest BCUT2D eigenvalue weighted by molar-refractivity contribution is 5.89. The Bertz CT molecular complexity index is 863. The number of pyridine rings is 1. The summed E-state index contributed by atoms with van der Waals surface area (Å²) in [6.07, 6.45) is 2.06. The third kappa shape index (κ3) is 5.34. The lowest BCUT2D eigenvalue weighted by Crippen LogP contribution is -2.11. The van der Waals surface area contributed by atoms with Gasteiger partial charge in [-0.05, 0) is 25.1 Å². The number of carbonyl (C=O) groups is 1. The quantitative estimate of drug-likeness (QED) is 0.446. The fourth-order valence-electron chi connectivity index (χ4n) is 2.31. The van der Waals surface area contributed by atoms with Crippen molar-refractivity contribution in [3.8, 4) is 17.3 Å². The van der Waals surface area contributed by atoms with Crippen molar-refractivity contribution in [3.05, 3.63) is 54.2 Å². The lowest BCUT2D eigenvalue weighted by molar-refractivity contribution is 0.0493. The lowest BCUT2D eigenvalue weighted by Gasteiger charge is -2.08. The summed E-state index contributed by atoms with van der Waals surface area (Å²) in [6, 6.07) is 12.9. The number of hydrogen-bond donors (Lipinski definition) is 0. The van der Waals surface area contributed by atoms with Crippen LogP contribution >= 0.6 is 0 Å². The highest BCUT2D eigenvalue weighted by Crippen LogP contribution is 2.12. The van der Waals surface area contributed by atoms with E-state index in [9.17, 15) is 4.79 Å². The van der Waals surface area contributed by atoms with Crippen LogP contribution in [0.25, 0.3) is 11.4 Å². The van der Waals surface area contributed by atoms with Crippen molar-refractivity contribution in [2.24, 2.45) is 0 Å². The highest BCUT2D eigenvalue weighted by atomic mass is 16.5. The molecule has 3 rings (SSSR count). The van der Waals surface area contributed by atoms with Gasteiger partial charge in [0.15, 0.2) is 0 Å². The van der Waals surface area contributed by atoms with Crippen molar-refractivity contribution in [1.29, 1.82) is 0 Å². The van der Waals surface area contributed by atoms with Crippen LogP contribution in [0.1, 0.15) is 30.6 Å². The molecule has 140 valence electrons. The molecule has 8 nitrogen and oxygen atoms in total. The van der Waals surface area contributed by atoms with E-state index in [1.54, 1.807) is 12.1 Å². The maximum absolute atomic E-state index is 12.0. The number of aromatic nitrogens is 5. The van der Waals surface area contributed by atoms with Gasteiger partial charge in [-0.25, -0.2) is 9.78 Å². The van der Waals surface area contributed by atoms with E-state index in [0.717, 1.165) is 5.56 Å². The monoisotopic (exact) mass is 367 g/mol. The molecule has 0 saturated carbocycles. The van der Waals surface area contributed by atoms with Gasteiger partial charge in [0.1, 0.15) is 0 Å². The Morgan fingerprint density at radius 2 is 1.96 bits per heavy atom. The molecule has 0 aliphatic carbocycles. The predicted octanol–water partition coefficient (Wildman–Crippen LogP) is 2.77. The molecule has 0 atom stereocenters. The summed E-state index contributed by atoms with van der Waals surface area (Å²) < 4.78 is 10.7. The number of aryl methyl sites for hydroxylation is 1. The van der Waals surface area contributed by atoms with Crippen molar-refractivity contribution in [1.82, 2.24) is 25.2 Å². The average Bonchev–Trinajstić information content (AvgIpc) is 3.15. The van der Waals surface area contributed by atoms with E-state index in [4.69, 9.17) is 9.47 Å². The van der Waals surface area contributed by atoms with Gasteiger partial charge in [-0.1, -0.05) is 30.3 Å². The third-order valence-electron chi connectivity index (χ3n) is 3.55. The summed E-state index contributed by atoms with van der Waals surface area (Å²) in [5, 5.41) is 12.4. The fraction of sp³-hybridized carbons (Fsp3) is 0.316. The van der Waals surface area contributed by atoms with Crippen LogP contribution in [0.2, 0.25) is 0 Å². The van der Waals surface area contributed by atoms with Gasteiger partial charge in [0.05, 0.1) is 24.8 Å². The molecule has 8 heteroatoms. The maximum atomic E-state index is 12.0. The number of tetrazole rings is 1. The summed E-state index contributed by atoms with van der Waals surface area (Å²) in [6.45, 7) is 4.59. The zero-order valence-electron chi connectivity index (χ0n) is 15.3.